The van der Waals surface area contributed by atoms with E-state index in [0.29, 0.717) is 0 Å². The number of benzene rings is 1. The van der Waals surface area contributed by atoms with Crippen LogP contribution in [0.1, 0.15) is 37.3 Å². The van der Waals surface area contributed by atoms with Gasteiger partial charge in [-0.3, -0.25) is 0 Å². The minimum atomic E-state index is -0.519. The number of rotatable bonds is 2. The second-order valence-corrected chi connectivity index (χ2v) is 4.21. The Hall–Kier alpha value is -0.670. The van der Waals surface area contributed by atoms with Crippen molar-refractivity contribution < 1.29 is 8.78 Å². The summed E-state index contributed by atoms with van der Waals surface area (Å²) in [5.41, 5.74) is 5.98. The van der Waals surface area contributed by atoms with E-state index in [1.54, 1.807) is 0 Å². The highest BCUT2D eigenvalue weighted by Crippen LogP contribution is 2.35. The molecule has 16 heavy (non-hydrogen) atoms. The molecule has 1 aliphatic carbocycles. The summed E-state index contributed by atoms with van der Waals surface area (Å²) in [5.74, 6) is -0.805. The van der Waals surface area contributed by atoms with Crippen LogP contribution in [-0.4, -0.2) is 0 Å². The fourth-order valence-corrected chi connectivity index (χ4v) is 2.38. The molecule has 0 unspecified atom stereocenters. The first kappa shape index (κ1) is 13.4. The van der Waals surface area contributed by atoms with Crippen LogP contribution in [0.5, 0.6) is 0 Å². The van der Waals surface area contributed by atoms with Crippen molar-refractivity contribution in [2.24, 2.45) is 11.7 Å². The molecular formula is C12H16ClF2N. The largest absolute Gasteiger partial charge is 0.324 e. The van der Waals surface area contributed by atoms with Crippen LogP contribution in [0.3, 0.4) is 0 Å². The van der Waals surface area contributed by atoms with Crippen molar-refractivity contribution in [2.45, 2.75) is 31.7 Å². The summed E-state index contributed by atoms with van der Waals surface area (Å²) in [6.45, 7) is 0. The van der Waals surface area contributed by atoms with Crippen LogP contribution >= 0.6 is 12.4 Å². The fourth-order valence-electron chi connectivity index (χ4n) is 2.38. The lowest BCUT2D eigenvalue weighted by Gasteiger charge is -2.20. The van der Waals surface area contributed by atoms with Crippen LogP contribution in [0, 0.1) is 17.6 Å². The van der Waals surface area contributed by atoms with Crippen LogP contribution in [0.25, 0.3) is 0 Å². The van der Waals surface area contributed by atoms with E-state index in [4.69, 9.17) is 5.73 Å². The van der Waals surface area contributed by atoms with Gasteiger partial charge in [0.2, 0.25) is 0 Å². The van der Waals surface area contributed by atoms with Gasteiger partial charge in [0.1, 0.15) is 11.6 Å². The van der Waals surface area contributed by atoms with Gasteiger partial charge in [0.15, 0.2) is 0 Å². The topological polar surface area (TPSA) is 26.0 Å². The van der Waals surface area contributed by atoms with Gasteiger partial charge in [-0.05, 0) is 30.9 Å². The quantitative estimate of drug-likeness (QED) is 0.850. The Kier molecular flexibility index (Phi) is 4.69. The van der Waals surface area contributed by atoms with E-state index in [9.17, 15) is 8.78 Å². The highest BCUT2D eigenvalue weighted by Gasteiger charge is 2.27. The molecule has 0 spiro atoms. The van der Waals surface area contributed by atoms with E-state index in [0.717, 1.165) is 25.7 Å². The van der Waals surface area contributed by atoms with Gasteiger partial charge in [-0.25, -0.2) is 8.78 Å². The molecule has 0 aromatic heterocycles. The molecule has 0 radical (unpaired) electrons. The Labute approximate surface area is 100 Å². The first-order valence-electron chi connectivity index (χ1n) is 5.39. The number of nitrogens with two attached hydrogens (primary N) is 1. The molecule has 0 heterocycles. The van der Waals surface area contributed by atoms with Gasteiger partial charge in [-0.15, -0.1) is 12.4 Å². The highest BCUT2D eigenvalue weighted by molar-refractivity contribution is 5.85. The zero-order valence-corrected chi connectivity index (χ0v) is 9.77. The van der Waals surface area contributed by atoms with Gasteiger partial charge < -0.3 is 5.73 Å². The van der Waals surface area contributed by atoms with Crippen LogP contribution in [0.2, 0.25) is 0 Å². The SMILES string of the molecule is Cl.N[C@H](c1c(F)cccc1F)C1CCCC1. The average Bonchev–Trinajstić information content (AvgIpc) is 2.69. The molecule has 1 saturated carbocycles. The summed E-state index contributed by atoms with van der Waals surface area (Å²) in [6.07, 6.45) is 4.20. The molecule has 1 aromatic rings. The maximum atomic E-state index is 13.4. The van der Waals surface area contributed by atoms with Gasteiger partial charge in [0.05, 0.1) is 0 Å². The third-order valence-corrected chi connectivity index (χ3v) is 3.24. The monoisotopic (exact) mass is 247 g/mol. The molecule has 1 atom stereocenters. The molecule has 4 heteroatoms. The summed E-state index contributed by atoms with van der Waals surface area (Å²) in [6, 6.07) is 3.42. The third kappa shape index (κ3) is 2.53. The molecule has 2 N–H and O–H groups in total. The lowest BCUT2D eigenvalue weighted by molar-refractivity contribution is 0.410. The van der Waals surface area contributed by atoms with E-state index in [1.807, 2.05) is 0 Å². The van der Waals surface area contributed by atoms with Crippen molar-refractivity contribution in [3.05, 3.63) is 35.4 Å². The van der Waals surface area contributed by atoms with E-state index in [2.05, 4.69) is 0 Å². The van der Waals surface area contributed by atoms with Crippen molar-refractivity contribution >= 4 is 12.4 Å². The van der Waals surface area contributed by atoms with E-state index < -0.39 is 17.7 Å². The minimum Gasteiger partial charge on any atom is -0.324 e. The summed E-state index contributed by atoms with van der Waals surface area (Å²) in [4.78, 5) is 0. The summed E-state index contributed by atoms with van der Waals surface area (Å²) in [5, 5.41) is 0. The highest BCUT2D eigenvalue weighted by atomic mass is 35.5. The van der Waals surface area contributed by atoms with Gasteiger partial charge >= 0.3 is 0 Å². The van der Waals surface area contributed by atoms with E-state index in [-0.39, 0.29) is 23.9 Å². The first-order valence-corrected chi connectivity index (χ1v) is 5.39. The van der Waals surface area contributed by atoms with Crippen LogP contribution in [0.4, 0.5) is 8.78 Å². The molecule has 0 saturated heterocycles. The second-order valence-electron chi connectivity index (χ2n) is 4.21. The molecule has 90 valence electrons. The first-order chi connectivity index (χ1) is 7.20. The van der Waals surface area contributed by atoms with Gasteiger partial charge in [0.25, 0.3) is 0 Å². The maximum Gasteiger partial charge on any atom is 0.130 e. The predicted octanol–water partition coefficient (Wildman–Crippen LogP) is 3.58. The molecule has 0 bridgehead atoms. The molecule has 0 aliphatic heterocycles. The van der Waals surface area contributed by atoms with Crippen molar-refractivity contribution in [3.8, 4) is 0 Å². The lowest BCUT2D eigenvalue weighted by Crippen LogP contribution is -2.21. The van der Waals surface area contributed by atoms with Crippen molar-refractivity contribution in [1.29, 1.82) is 0 Å². The molecule has 2 rings (SSSR count). The zero-order valence-electron chi connectivity index (χ0n) is 8.96. The summed E-state index contributed by atoms with van der Waals surface area (Å²) >= 11 is 0. The third-order valence-electron chi connectivity index (χ3n) is 3.24. The van der Waals surface area contributed by atoms with Gasteiger partial charge in [-0.1, -0.05) is 18.9 Å². The smallest absolute Gasteiger partial charge is 0.130 e. The minimum absolute atomic E-state index is 0. The Balaban J connectivity index is 0.00000128. The Morgan fingerprint density at radius 2 is 1.62 bits per heavy atom. The van der Waals surface area contributed by atoms with Crippen molar-refractivity contribution in [2.75, 3.05) is 0 Å². The summed E-state index contributed by atoms with van der Waals surface area (Å²) < 4.78 is 26.9. The van der Waals surface area contributed by atoms with Crippen LogP contribution < -0.4 is 5.73 Å². The normalized spacial score (nSPS) is 18.2. The Morgan fingerprint density at radius 1 is 1.12 bits per heavy atom. The standard InChI is InChI=1S/C12H15F2N.ClH/c13-9-6-3-7-10(14)11(9)12(15)8-4-1-2-5-8;/h3,6-8,12H,1-2,4-5,15H2;1H/t12-;/m0./s1. The summed E-state index contributed by atoms with van der Waals surface area (Å²) in [7, 11) is 0. The number of hydrogen-bond acceptors (Lipinski definition) is 1. The van der Waals surface area contributed by atoms with E-state index in [1.165, 1.54) is 18.2 Å². The van der Waals surface area contributed by atoms with Crippen molar-refractivity contribution in [3.63, 3.8) is 0 Å². The van der Waals surface area contributed by atoms with E-state index >= 15 is 0 Å². The van der Waals surface area contributed by atoms with Crippen LogP contribution in [-0.2, 0) is 0 Å². The van der Waals surface area contributed by atoms with Gasteiger partial charge in [0, 0.05) is 11.6 Å². The number of hydrogen-bond donors (Lipinski definition) is 1. The molecule has 1 fully saturated rings. The molecule has 0 amide bonds. The molecule has 1 nitrogen and oxygen atoms in total. The van der Waals surface area contributed by atoms with Crippen LogP contribution in [0.15, 0.2) is 18.2 Å². The fraction of sp³-hybridized carbons (Fsp3) is 0.500. The average molecular weight is 248 g/mol. The molecule has 1 aromatic carbocycles. The lowest BCUT2D eigenvalue weighted by atomic mass is 9.92. The molecular weight excluding hydrogens is 232 g/mol. The second kappa shape index (κ2) is 5.60. The molecule has 1 aliphatic rings. The zero-order chi connectivity index (χ0) is 10.8. The van der Waals surface area contributed by atoms with Crippen molar-refractivity contribution in [1.82, 2.24) is 0 Å². The number of halogens is 3. The predicted molar refractivity (Wildman–Crippen MR) is 62.5 cm³/mol. The Bertz CT molecular complexity index is 331. The van der Waals surface area contributed by atoms with Gasteiger partial charge in [-0.2, -0.15) is 0 Å². The maximum absolute atomic E-state index is 13.4. The Morgan fingerprint density at radius 3 is 2.12 bits per heavy atom.